The Morgan fingerprint density at radius 1 is 1.29 bits per heavy atom. The Labute approximate surface area is 106 Å². The van der Waals surface area contributed by atoms with Crippen LogP contribution in [0.5, 0.6) is 5.88 Å². The molecule has 2 aliphatic heterocycles. The summed E-state index contributed by atoms with van der Waals surface area (Å²) in [6.45, 7) is 5.21. The average molecular weight is 253 g/mol. The van der Waals surface area contributed by atoms with Gasteiger partial charge in [-0.25, -0.2) is 0 Å². The molecule has 2 aliphatic rings. The molecule has 2 fully saturated rings. The van der Waals surface area contributed by atoms with Gasteiger partial charge in [-0.15, -0.1) is 4.37 Å². The summed E-state index contributed by atoms with van der Waals surface area (Å²) in [5, 5.41) is 0. The zero-order chi connectivity index (χ0) is 11.7. The van der Waals surface area contributed by atoms with Crippen molar-refractivity contribution in [2.24, 2.45) is 0 Å². The maximum atomic E-state index is 5.55. The summed E-state index contributed by atoms with van der Waals surface area (Å²) in [6.07, 6.45) is 6.33. The van der Waals surface area contributed by atoms with Crippen LogP contribution in [0.15, 0.2) is 0 Å². The first-order chi connectivity index (χ1) is 8.34. The minimum absolute atomic E-state index is 0.377. The van der Waals surface area contributed by atoms with E-state index in [1.54, 1.807) is 0 Å². The van der Waals surface area contributed by atoms with E-state index in [-0.39, 0.29) is 0 Å². The lowest BCUT2D eigenvalue weighted by atomic mass is 9.89. The molecule has 0 saturated carbocycles. The first-order valence-electron chi connectivity index (χ1n) is 6.53. The van der Waals surface area contributed by atoms with Gasteiger partial charge in [-0.3, -0.25) is 4.90 Å². The molecule has 0 amide bonds. The third-order valence-corrected chi connectivity index (χ3v) is 4.66. The molecule has 94 valence electrons. The van der Waals surface area contributed by atoms with Crippen molar-refractivity contribution in [3.8, 4) is 5.88 Å². The summed E-state index contributed by atoms with van der Waals surface area (Å²) >= 11 is 1.28. The standard InChI is InChI=1S/C12H19N3OS/c1-2-16-11-10(13-17-14-11)9-12-5-3-7-15(12)8-4-6-12/h2-9H2,1H3. The van der Waals surface area contributed by atoms with Crippen molar-refractivity contribution in [2.45, 2.75) is 44.6 Å². The van der Waals surface area contributed by atoms with Crippen LogP contribution < -0.4 is 4.74 Å². The van der Waals surface area contributed by atoms with Crippen molar-refractivity contribution in [3.63, 3.8) is 0 Å². The number of fused-ring (bicyclic) bond motifs is 1. The summed E-state index contributed by atoms with van der Waals surface area (Å²) < 4.78 is 14.2. The molecule has 0 unspecified atom stereocenters. The van der Waals surface area contributed by atoms with Gasteiger partial charge in [0.2, 0.25) is 5.88 Å². The summed E-state index contributed by atoms with van der Waals surface area (Å²) in [4.78, 5) is 2.65. The largest absolute Gasteiger partial charge is 0.476 e. The van der Waals surface area contributed by atoms with Crippen LogP contribution in [0.2, 0.25) is 0 Å². The fourth-order valence-electron chi connectivity index (χ4n) is 3.38. The van der Waals surface area contributed by atoms with Gasteiger partial charge in [0.1, 0.15) is 5.69 Å². The highest BCUT2D eigenvalue weighted by atomic mass is 32.1. The second-order valence-corrected chi connectivity index (χ2v) is 5.57. The molecule has 0 bridgehead atoms. The van der Waals surface area contributed by atoms with Gasteiger partial charge in [0.25, 0.3) is 0 Å². The first kappa shape index (κ1) is 11.4. The summed E-state index contributed by atoms with van der Waals surface area (Å²) in [5.41, 5.74) is 1.45. The van der Waals surface area contributed by atoms with Crippen LogP contribution in [0.1, 0.15) is 38.3 Å². The molecule has 0 spiro atoms. The van der Waals surface area contributed by atoms with E-state index in [0.717, 1.165) is 18.0 Å². The lowest BCUT2D eigenvalue weighted by Gasteiger charge is -2.31. The third-order valence-electron chi connectivity index (χ3n) is 4.11. The lowest BCUT2D eigenvalue weighted by molar-refractivity contribution is 0.191. The van der Waals surface area contributed by atoms with E-state index in [1.165, 1.54) is 50.5 Å². The van der Waals surface area contributed by atoms with E-state index in [4.69, 9.17) is 4.74 Å². The third kappa shape index (κ3) is 1.95. The SMILES string of the molecule is CCOc1nsnc1CC12CCCN1CCC2. The Hall–Kier alpha value is -0.680. The van der Waals surface area contributed by atoms with Gasteiger partial charge in [0.05, 0.1) is 18.3 Å². The van der Waals surface area contributed by atoms with Crippen LogP contribution in [0.3, 0.4) is 0 Å². The van der Waals surface area contributed by atoms with Gasteiger partial charge in [0.15, 0.2) is 0 Å². The van der Waals surface area contributed by atoms with Gasteiger partial charge in [-0.1, -0.05) is 0 Å². The Morgan fingerprint density at radius 3 is 2.76 bits per heavy atom. The van der Waals surface area contributed by atoms with Crippen LogP contribution in [0.25, 0.3) is 0 Å². The molecule has 4 nitrogen and oxygen atoms in total. The van der Waals surface area contributed by atoms with Crippen LogP contribution in [-0.4, -0.2) is 38.9 Å². The second kappa shape index (κ2) is 4.53. The summed E-state index contributed by atoms with van der Waals surface area (Å²) in [6, 6.07) is 0. The monoisotopic (exact) mass is 253 g/mol. The molecular weight excluding hydrogens is 234 g/mol. The maximum absolute atomic E-state index is 5.55. The molecule has 0 radical (unpaired) electrons. The molecule has 1 aromatic heterocycles. The zero-order valence-corrected chi connectivity index (χ0v) is 11.1. The van der Waals surface area contributed by atoms with Crippen LogP contribution >= 0.6 is 11.7 Å². The highest BCUT2D eigenvalue weighted by Gasteiger charge is 2.45. The molecule has 2 saturated heterocycles. The zero-order valence-electron chi connectivity index (χ0n) is 10.3. The summed E-state index contributed by atoms with van der Waals surface area (Å²) in [5.74, 6) is 0.769. The van der Waals surface area contributed by atoms with Gasteiger partial charge < -0.3 is 4.74 Å². The smallest absolute Gasteiger partial charge is 0.249 e. The van der Waals surface area contributed by atoms with Gasteiger partial charge in [-0.2, -0.15) is 4.37 Å². The molecule has 0 aliphatic carbocycles. The van der Waals surface area contributed by atoms with E-state index >= 15 is 0 Å². The van der Waals surface area contributed by atoms with Crippen LogP contribution in [-0.2, 0) is 6.42 Å². The molecule has 0 aromatic carbocycles. The number of ether oxygens (including phenoxy) is 1. The number of nitrogens with zero attached hydrogens (tertiary/aromatic N) is 3. The number of aromatic nitrogens is 2. The minimum atomic E-state index is 0.377. The number of hydrogen-bond acceptors (Lipinski definition) is 5. The predicted octanol–water partition coefficient (Wildman–Crippen LogP) is 2.11. The topological polar surface area (TPSA) is 38.3 Å². The second-order valence-electron chi connectivity index (χ2n) is 5.04. The molecule has 3 rings (SSSR count). The Kier molecular flexibility index (Phi) is 3.04. The summed E-state index contributed by atoms with van der Waals surface area (Å²) in [7, 11) is 0. The first-order valence-corrected chi connectivity index (χ1v) is 7.26. The molecule has 0 atom stereocenters. The maximum Gasteiger partial charge on any atom is 0.249 e. The Bertz CT molecular complexity index is 383. The molecule has 17 heavy (non-hydrogen) atoms. The Balaban J connectivity index is 1.79. The highest BCUT2D eigenvalue weighted by Crippen LogP contribution is 2.42. The quantitative estimate of drug-likeness (QED) is 0.823. The molecular formula is C12H19N3OS. The van der Waals surface area contributed by atoms with Gasteiger partial charge in [-0.05, 0) is 45.7 Å². The van der Waals surface area contributed by atoms with Crippen molar-refractivity contribution in [3.05, 3.63) is 5.69 Å². The van der Waals surface area contributed by atoms with E-state index in [9.17, 15) is 0 Å². The van der Waals surface area contributed by atoms with Crippen molar-refractivity contribution in [1.82, 2.24) is 13.6 Å². The molecule has 5 heteroatoms. The van der Waals surface area contributed by atoms with Gasteiger partial charge >= 0.3 is 0 Å². The normalized spacial score (nSPS) is 22.9. The predicted molar refractivity (Wildman–Crippen MR) is 67.6 cm³/mol. The van der Waals surface area contributed by atoms with E-state index in [2.05, 4.69) is 13.6 Å². The van der Waals surface area contributed by atoms with E-state index in [1.807, 2.05) is 6.92 Å². The average Bonchev–Trinajstić information content (AvgIpc) is 2.95. The highest BCUT2D eigenvalue weighted by molar-refractivity contribution is 6.99. The van der Waals surface area contributed by atoms with E-state index < -0.39 is 0 Å². The fourth-order valence-corrected chi connectivity index (χ4v) is 3.89. The number of hydrogen-bond donors (Lipinski definition) is 0. The fraction of sp³-hybridized carbons (Fsp3) is 0.833. The van der Waals surface area contributed by atoms with Gasteiger partial charge in [0, 0.05) is 12.0 Å². The number of rotatable bonds is 4. The minimum Gasteiger partial charge on any atom is -0.476 e. The Morgan fingerprint density at radius 2 is 2.06 bits per heavy atom. The van der Waals surface area contributed by atoms with Crippen LogP contribution in [0, 0.1) is 0 Å². The molecule has 1 aromatic rings. The van der Waals surface area contributed by atoms with Crippen molar-refractivity contribution in [1.29, 1.82) is 0 Å². The van der Waals surface area contributed by atoms with E-state index in [0.29, 0.717) is 12.1 Å². The molecule has 0 N–H and O–H groups in total. The lowest BCUT2D eigenvalue weighted by Crippen LogP contribution is -2.40. The van der Waals surface area contributed by atoms with Crippen molar-refractivity contribution >= 4 is 11.7 Å². The molecule has 3 heterocycles. The van der Waals surface area contributed by atoms with Crippen LogP contribution in [0.4, 0.5) is 0 Å². The van der Waals surface area contributed by atoms with Crippen molar-refractivity contribution < 1.29 is 4.74 Å². The van der Waals surface area contributed by atoms with Crippen molar-refractivity contribution in [2.75, 3.05) is 19.7 Å².